The number of morpholine rings is 1. The monoisotopic (exact) mass is 318 g/mol. The van der Waals surface area contributed by atoms with Crippen molar-refractivity contribution in [2.75, 3.05) is 32.8 Å². The van der Waals surface area contributed by atoms with E-state index in [1.54, 1.807) is 13.0 Å². The van der Waals surface area contributed by atoms with Crippen LogP contribution in [-0.2, 0) is 20.8 Å². The van der Waals surface area contributed by atoms with Gasteiger partial charge < -0.3 is 14.8 Å². The molecule has 0 radical (unpaired) electrons. The smallest absolute Gasteiger partial charge is 0.248 e. The van der Waals surface area contributed by atoms with Crippen LogP contribution in [0.25, 0.3) is 0 Å². The van der Waals surface area contributed by atoms with Gasteiger partial charge in [-0.2, -0.15) is 0 Å². The van der Waals surface area contributed by atoms with Crippen LogP contribution >= 0.6 is 0 Å². The highest BCUT2D eigenvalue weighted by molar-refractivity contribution is 5.80. The van der Waals surface area contributed by atoms with Crippen molar-refractivity contribution in [2.24, 2.45) is 0 Å². The third-order valence-electron chi connectivity index (χ3n) is 3.81. The van der Waals surface area contributed by atoms with E-state index in [-0.39, 0.29) is 12.0 Å². The number of nitrogens with zero attached hydrogens (tertiary/aromatic N) is 1. The molecule has 0 spiro atoms. The summed E-state index contributed by atoms with van der Waals surface area (Å²) in [4.78, 5) is 14.3. The summed E-state index contributed by atoms with van der Waals surface area (Å²) in [7, 11) is 0. The lowest BCUT2D eigenvalue weighted by atomic mass is 10.2. The Morgan fingerprint density at radius 1 is 1.52 bits per heavy atom. The van der Waals surface area contributed by atoms with E-state index in [1.807, 2.05) is 6.07 Å². The normalized spacial score (nSPS) is 20.0. The Morgan fingerprint density at radius 2 is 2.30 bits per heavy atom. The fourth-order valence-electron chi connectivity index (χ4n) is 2.54. The van der Waals surface area contributed by atoms with Gasteiger partial charge >= 0.3 is 0 Å². The van der Waals surface area contributed by atoms with E-state index < -0.39 is 6.10 Å². The Hall–Kier alpha value is -1.69. The van der Waals surface area contributed by atoms with E-state index in [2.05, 4.69) is 41.1 Å². The Balaban J connectivity index is 1.73. The lowest BCUT2D eigenvalue weighted by Gasteiger charge is -2.33. The molecule has 2 atom stereocenters. The van der Waals surface area contributed by atoms with Gasteiger partial charge in [-0.15, -0.1) is 6.58 Å². The van der Waals surface area contributed by atoms with E-state index in [9.17, 15) is 4.79 Å². The van der Waals surface area contributed by atoms with Crippen LogP contribution in [0.4, 0.5) is 0 Å². The van der Waals surface area contributed by atoms with Crippen LogP contribution in [0, 0.1) is 0 Å². The molecule has 23 heavy (non-hydrogen) atoms. The summed E-state index contributed by atoms with van der Waals surface area (Å²) >= 11 is 0. The first-order valence-electron chi connectivity index (χ1n) is 8.07. The maximum absolute atomic E-state index is 11.9. The standard InChI is InChI=1S/C18H26N2O3/c1-3-10-22-15(2)18(21)19-12-17-14-20(9-11-23-17)13-16-7-5-4-6-8-16/h3-8,15,17H,1,9-14H2,2H3,(H,19,21). The summed E-state index contributed by atoms with van der Waals surface area (Å²) in [6.07, 6.45) is 1.18. The van der Waals surface area contributed by atoms with Crippen molar-refractivity contribution in [1.82, 2.24) is 10.2 Å². The number of amides is 1. The van der Waals surface area contributed by atoms with Gasteiger partial charge in [0.2, 0.25) is 5.91 Å². The molecular weight excluding hydrogens is 292 g/mol. The molecule has 0 saturated carbocycles. The van der Waals surface area contributed by atoms with Gasteiger partial charge in [-0.1, -0.05) is 36.4 Å². The fourth-order valence-corrected chi connectivity index (χ4v) is 2.54. The van der Waals surface area contributed by atoms with Crippen LogP contribution < -0.4 is 5.32 Å². The zero-order chi connectivity index (χ0) is 16.5. The lowest BCUT2D eigenvalue weighted by Crippen LogP contribution is -2.48. The molecule has 1 aromatic rings. The molecule has 1 heterocycles. The van der Waals surface area contributed by atoms with E-state index in [1.165, 1.54) is 5.56 Å². The molecule has 1 aromatic carbocycles. The minimum absolute atomic E-state index is 0.0167. The number of carbonyl (C=O) groups is 1. The summed E-state index contributed by atoms with van der Waals surface area (Å²) in [6.45, 7) is 9.52. The van der Waals surface area contributed by atoms with Crippen molar-refractivity contribution in [1.29, 1.82) is 0 Å². The molecule has 0 bridgehead atoms. The van der Waals surface area contributed by atoms with E-state index in [4.69, 9.17) is 9.47 Å². The fraction of sp³-hybridized carbons (Fsp3) is 0.500. The first-order chi connectivity index (χ1) is 11.2. The summed E-state index contributed by atoms with van der Waals surface area (Å²) in [6, 6.07) is 10.4. The molecule has 2 rings (SSSR count). The second-order valence-corrected chi connectivity index (χ2v) is 5.72. The minimum atomic E-state index is -0.475. The Labute approximate surface area is 138 Å². The molecule has 1 N–H and O–H groups in total. The molecule has 0 aliphatic carbocycles. The lowest BCUT2D eigenvalue weighted by molar-refractivity contribution is -0.132. The molecule has 2 unspecified atom stereocenters. The molecule has 5 heteroatoms. The van der Waals surface area contributed by atoms with Crippen LogP contribution in [0.15, 0.2) is 43.0 Å². The molecule has 1 fully saturated rings. The van der Waals surface area contributed by atoms with Gasteiger partial charge in [0.25, 0.3) is 0 Å². The number of hydrogen-bond donors (Lipinski definition) is 1. The van der Waals surface area contributed by atoms with Crippen molar-refractivity contribution in [3.63, 3.8) is 0 Å². The van der Waals surface area contributed by atoms with Crippen LogP contribution in [-0.4, -0.2) is 55.9 Å². The molecule has 0 aromatic heterocycles. The van der Waals surface area contributed by atoms with Gasteiger partial charge in [-0.3, -0.25) is 9.69 Å². The predicted molar refractivity (Wildman–Crippen MR) is 90.1 cm³/mol. The largest absolute Gasteiger partial charge is 0.374 e. The summed E-state index contributed by atoms with van der Waals surface area (Å²) in [5.74, 6) is -0.115. The Morgan fingerprint density at radius 3 is 3.04 bits per heavy atom. The highest BCUT2D eigenvalue weighted by Crippen LogP contribution is 2.10. The molecule has 1 saturated heterocycles. The third-order valence-corrected chi connectivity index (χ3v) is 3.81. The first-order valence-corrected chi connectivity index (χ1v) is 8.07. The van der Waals surface area contributed by atoms with Gasteiger partial charge in [0.1, 0.15) is 6.10 Å². The number of benzene rings is 1. The SMILES string of the molecule is C=CCOC(C)C(=O)NCC1CN(Cc2ccccc2)CCO1. The molecular formula is C18H26N2O3. The van der Waals surface area contributed by atoms with Crippen LogP contribution in [0.3, 0.4) is 0 Å². The van der Waals surface area contributed by atoms with Gasteiger partial charge in [-0.25, -0.2) is 0 Å². The van der Waals surface area contributed by atoms with Crippen LogP contribution in [0.2, 0.25) is 0 Å². The molecule has 5 nitrogen and oxygen atoms in total. The number of carbonyl (C=O) groups excluding carboxylic acids is 1. The van der Waals surface area contributed by atoms with Crippen molar-refractivity contribution in [3.05, 3.63) is 48.6 Å². The highest BCUT2D eigenvalue weighted by Gasteiger charge is 2.22. The highest BCUT2D eigenvalue weighted by atomic mass is 16.5. The number of nitrogens with one attached hydrogen (secondary N) is 1. The average Bonchev–Trinajstić information content (AvgIpc) is 2.58. The van der Waals surface area contributed by atoms with Crippen molar-refractivity contribution in [3.8, 4) is 0 Å². The Kier molecular flexibility index (Phi) is 7.26. The van der Waals surface area contributed by atoms with Crippen molar-refractivity contribution < 1.29 is 14.3 Å². The summed E-state index contributed by atoms with van der Waals surface area (Å²) < 4.78 is 11.1. The average molecular weight is 318 g/mol. The van der Waals surface area contributed by atoms with Gasteiger partial charge in [0.05, 0.1) is 19.3 Å². The number of hydrogen-bond acceptors (Lipinski definition) is 4. The minimum Gasteiger partial charge on any atom is -0.374 e. The predicted octanol–water partition coefficient (Wildman–Crippen LogP) is 1.59. The Bertz CT molecular complexity index is 492. The van der Waals surface area contributed by atoms with E-state index in [0.29, 0.717) is 19.8 Å². The molecule has 1 aliphatic rings. The van der Waals surface area contributed by atoms with Gasteiger partial charge in [0, 0.05) is 26.2 Å². The second kappa shape index (κ2) is 9.45. The van der Waals surface area contributed by atoms with Crippen LogP contribution in [0.1, 0.15) is 12.5 Å². The molecule has 1 aliphatic heterocycles. The third kappa shape index (κ3) is 6.14. The number of ether oxygens (including phenoxy) is 2. The second-order valence-electron chi connectivity index (χ2n) is 5.72. The topological polar surface area (TPSA) is 50.8 Å². The maximum Gasteiger partial charge on any atom is 0.248 e. The van der Waals surface area contributed by atoms with Gasteiger partial charge in [-0.05, 0) is 12.5 Å². The summed E-state index contributed by atoms with van der Waals surface area (Å²) in [5, 5.41) is 2.90. The van der Waals surface area contributed by atoms with E-state index >= 15 is 0 Å². The van der Waals surface area contributed by atoms with Crippen LogP contribution in [0.5, 0.6) is 0 Å². The maximum atomic E-state index is 11.9. The van der Waals surface area contributed by atoms with Crippen molar-refractivity contribution in [2.45, 2.75) is 25.7 Å². The number of rotatable bonds is 8. The quantitative estimate of drug-likeness (QED) is 0.740. The van der Waals surface area contributed by atoms with Crippen molar-refractivity contribution >= 4 is 5.91 Å². The zero-order valence-electron chi connectivity index (χ0n) is 13.7. The zero-order valence-corrected chi connectivity index (χ0v) is 13.7. The molecule has 1 amide bonds. The van der Waals surface area contributed by atoms with E-state index in [0.717, 1.165) is 19.6 Å². The molecule has 126 valence electrons. The summed E-state index contributed by atoms with van der Waals surface area (Å²) in [5.41, 5.74) is 1.30. The van der Waals surface area contributed by atoms with Gasteiger partial charge in [0.15, 0.2) is 0 Å². The first kappa shape index (κ1) is 17.7.